The van der Waals surface area contributed by atoms with Crippen LogP contribution in [0, 0.1) is 0 Å². The predicted octanol–water partition coefficient (Wildman–Crippen LogP) is 5.29. The van der Waals surface area contributed by atoms with Gasteiger partial charge in [-0.15, -0.1) is 0 Å². The molecule has 2 amide bonds. The van der Waals surface area contributed by atoms with Gasteiger partial charge in [0.25, 0.3) is 11.8 Å². The third-order valence-corrected chi connectivity index (χ3v) is 5.49. The average molecular weight is 487 g/mol. The van der Waals surface area contributed by atoms with E-state index in [1.165, 1.54) is 29.5 Å². The SMILES string of the molecule is O=C(CO)Nc1nc2ccc(Oc3cccc(C(=O)Nc4ccc(C(F)(F)F)cc4)c3)cc2s1. The first-order valence-corrected chi connectivity index (χ1v) is 10.6. The van der Waals surface area contributed by atoms with Crippen LogP contribution in [0.15, 0.2) is 66.7 Å². The van der Waals surface area contributed by atoms with Gasteiger partial charge in [-0.3, -0.25) is 14.9 Å². The highest BCUT2D eigenvalue weighted by Crippen LogP contribution is 2.32. The number of carbonyl (C=O) groups excluding carboxylic acids is 2. The van der Waals surface area contributed by atoms with Crippen molar-refractivity contribution in [2.75, 3.05) is 17.2 Å². The number of hydrogen-bond acceptors (Lipinski definition) is 6. The van der Waals surface area contributed by atoms with E-state index < -0.39 is 30.2 Å². The Morgan fingerprint density at radius 2 is 1.71 bits per heavy atom. The Labute approximate surface area is 194 Å². The second-order valence-corrected chi connectivity index (χ2v) is 8.04. The molecule has 7 nitrogen and oxygen atoms in total. The Balaban J connectivity index is 1.46. The molecular weight excluding hydrogens is 471 g/mol. The van der Waals surface area contributed by atoms with Crippen molar-refractivity contribution >= 4 is 44.2 Å². The summed E-state index contributed by atoms with van der Waals surface area (Å²) in [5.41, 5.74) is 0.311. The summed E-state index contributed by atoms with van der Waals surface area (Å²) in [5.74, 6) is -0.233. The van der Waals surface area contributed by atoms with Gasteiger partial charge < -0.3 is 15.2 Å². The maximum Gasteiger partial charge on any atom is 0.416 e. The van der Waals surface area contributed by atoms with Gasteiger partial charge in [-0.2, -0.15) is 13.2 Å². The van der Waals surface area contributed by atoms with Crippen LogP contribution >= 0.6 is 11.3 Å². The van der Waals surface area contributed by atoms with Crippen LogP contribution in [0.3, 0.4) is 0 Å². The van der Waals surface area contributed by atoms with Gasteiger partial charge in [-0.1, -0.05) is 17.4 Å². The molecule has 4 rings (SSSR count). The van der Waals surface area contributed by atoms with Gasteiger partial charge in [0.15, 0.2) is 5.13 Å². The van der Waals surface area contributed by atoms with Crippen molar-refractivity contribution in [3.8, 4) is 11.5 Å². The Morgan fingerprint density at radius 3 is 2.41 bits per heavy atom. The van der Waals surface area contributed by atoms with Crippen LogP contribution in [0.25, 0.3) is 10.2 Å². The van der Waals surface area contributed by atoms with Crippen molar-refractivity contribution in [2.45, 2.75) is 6.18 Å². The number of aliphatic hydroxyl groups is 1. The summed E-state index contributed by atoms with van der Waals surface area (Å²) in [6.07, 6.45) is -4.45. The number of ether oxygens (including phenoxy) is 1. The van der Waals surface area contributed by atoms with Crippen LogP contribution in [0.1, 0.15) is 15.9 Å². The smallest absolute Gasteiger partial charge is 0.416 e. The van der Waals surface area contributed by atoms with Gasteiger partial charge in [0.05, 0.1) is 15.8 Å². The number of nitrogens with one attached hydrogen (secondary N) is 2. The summed E-state index contributed by atoms with van der Waals surface area (Å²) in [7, 11) is 0. The fourth-order valence-corrected chi connectivity index (χ4v) is 3.87. The molecule has 3 N–H and O–H groups in total. The van der Waals surface area contributed by atoms with Crippen LogP contribution in [-0.2, 0) is 11.0 Å². The third kappa shape index (κ3) is 5.50. The summed E-state index contributed by atoms with van der Waals surface area (Å²) in [4.78, 5) is 28.1. The van der Waals surface area contributed by atoms with E-state index in [0.717, 1.165) is 16.8 Å². The standard InChI is InChI=1S/C23H16F3N3O4S/c24-23(25,26)14-4-6-15(7-5-14)27-21(32)13-2-1-3-16(10-13)33-17-8-9-18-19(11-17)34-22(28-18)29-20(31)12-30/h1-11,30H,12H2,(H,27,32)(H,28,29,31). The summed E-state index contributed by atoms with van der Waals surface area (Å²) >= 11 is 1.21. The quantitative estimate of drug-likeness (QED) is 0.343. The number of thiazole rings is 1. The minimum atomic E-state index is -4.45. The maximum atomic E-state index is 12.7. The molecule has 1 aromatic heterocycles. The maximum absolute atomic E-state index is 12.7. The Morgan fingerprint density at radius 1 is 0.971 bits per heavy atom. The predicted molar refractivity (Wildman–Crippen MR) is 121 cm³/mol. The van der Waals surface area contributed by atoms with E-state index in [4.69, 9.17) is 9.84 Å². The molecular formula is C23H16F3N3O4S. The second-order valence-electron chi connectivity index (χ2n) is 7.01. The molecule has 1 heterocycles. The molecule has 0 aliphatic rings. The van der Waals surface area contributed by atoms with Crippen LogP contribution in [0.2, 0.25) is 0 Å². The zero-order chi connectivity index (χ0) is 24.3. The topological polar surface area (TPSA) is 101 Å². The summed E-state index contributed by atoms with van der Waals surface area (Å²) in [6, 6.07) is 15.6. The summed E-state index contributed by atoms with van der Waals surface area (Å²) < 4.78 is 44.7. The molecule has 0 atom stereocenters. The van der Waals surface area contributed by atoms with Crippen LogP contribution in [0.5, 0.6) is 11.5 Å². The highest BCUT2D eigenvalue weighted by Gasteiger charge is 2.30. The first-order chi connectivity index (χ1) is 16.2. The average Bonchev–Trinajstić information content (AvgIpc) is 3.20. The Bertz CT molecular complexity index is 1350. The molecule has 0 saturated carbocycles. The lowest BCUT2D eigenvalue weighted by molar-refractivity contribution is -0.137. The lowest BCUT2D eigenvalue weighted by Gasteiger charge is -2.10. The second kappa shape index (κ2) is 9.49. The van der Waals surface area contributed by atoms with Crippen LogP contribution < -0.4 is 15.4 Å². The molecule has 0 radical (unpaired) electrons. The number of anilines is 2. The fourth-order valence-electron chi connectivity index (χ4n) is 2.96. The monoisotopic (exact) mass is 487 g/mol. The van der Waals surface area contributed by atoms with Crippen molar-refractivity contribution in [2.24, 2.45) is 0 Å². The summed E-state index contributed by atoms with van der Waals surface area (Å²) in [5, 5.41) is 14.2. The highest BCUT2D eigenvalue weighted by atomic mass is 32.1. The van der Waals surface area contributed by atoms with Crippen LogP contribution in [0.4, 0.5) is 24.0 Å². The number of rotatable bonds is 6. The number of aromatic nitrogens is 1. The molecule has 0 aliphatic carbocycles. The van der Waals surface area contributed by atoms with Crippen molar-refractivity contribution in [1.82, 2.24) is 4.98 Å². The van der Waals surface area contributed by atoms with Gasteiger partial charge in [-0.25, -0.2) is 4.98 Å². The number of halogens is 3. The highest BCUT2D eigenvalue weighted by molar-refractivity contribution is 7.22. The number of benzene rings is 3. The van der Waals surface area contributed by atoms with Gasteiger partial charge in [0, 0.05) is 17.3 Å². The van der Waals surface area contributed by atoms with Crippen molar-refractivity contribution in [1.29, 1.82) is 0 Å². The normalized spacial score (nSPS) is 11.3. The van der Waals surface area contributed by atoms with Crippen molar-refractivity contribution in [3.63, 3.8) is 0 Å². The number of carbonyl (C=O) groups is 2. The molecule has 4 aromatic rings. The first kappa shape index (κ1) is 23.2. The van der Waals surface area contributed by atoms with Crippen LogP contribution in [-0.4, -0.2) is 28.5 Å². The molecule has 0 aliphatic heterocycles. The molecule has 34 heavy (non-hydrogen) atoms. The lowest BCUT2D eigenvalue weighted by atomic mass is 10.1. The van der Waals surface area contributed by atoms with Crippen molar-refractivity contribution < 1.29 is 32.6 Å². The van der Waals surface area contributed by atoms with E-state index in [0.29, 0.717) is 22.1 Å². The number of nitrogens with zero attached hydrogens (tertiary/aromatic N) is 1. The molecule has 174 valence electrons. The zero-order valence-corrected chi connectivity index (χ0v) is 18.0. The Hall–Kier alpha value is -3.96. The zero-order valence-electron chi connectivity index (χ0n) is 17.2. The van der Waals surface area contributed by atoms with E-state index in [2.05, 4.69) is 15.6 Å². The summed E-state index contributed by atoms with van der Waals surface area (Å²) in [6.45, 7) is -0.646. The number of amides is 2. The number of fused-ring (bicyclic) bond motifs is 1. The van der Waals surface area contributed by atoms with Crippen molar-refractivity contribution in [3.05, 3.63) is 77.9 Å². The minimum absolute atomic E-state index is 0.226. The van der Waals surface area contributed by atoms with E-state index in [1.807, 2.05) is 0 Å². The van der Waals surface area contributed by atoms with E-state index >= 15 is 0 Å². The van der Waals surface area contributed by atoms with Gasteiger partial charge in [0.2, 0.25) is 0 Å². The van der Waals surface area contributed by atoms with Gasteiger partial charge >= 0.3 is 6.18 Å². The van der Waals surface area contributed by atoms with E-state index in [9.17, 15) is 22.8 Å². The molecule has 3 aromatic carbocycles. The molecule has 0 fully saturated rings. The first-order valence-electron chi connectivity index (χ1n) is 9.79. The minimum Gasteiger partial charge on any atom is -0.457 e. The number of hydrogen-bond donors (Lipinski definition) is 3. The van der Waals surface area contributed by atoms with Gasteiger partial charge in [-0.05, 0) is 54.6 Å². The molecule has 0 bridgehead atoms. The molecule has 0 saturated heterocycles. The number of alkyl halides is 3. The Kier molecular flexibility index (Phi) is 6.48. The van der Waals surface area contributed by atoms with E-state index in [1.54, 1.807) is 36.4 Å². The van der Waals surface area contributed by atoms with Gasteiger partial charge in [0.1, 0.15) is 18.1 Å². The molecule has 0 spiro atoms. The van der Waals surface area contributed by atoms with E-state index in [-0.39, 0.29) is 11.3 Å². The molecule has 0 unspecified atom stereocenters. The number of aliphatic hydroxyl groups excluding tert-OH is 1. The lowest BCUT2D eigenvalue weighted by Crippen LogP contribution is -2.14. The largest absolute Gasteiger partial charge is 0.457 e. The fraction of sp³-hybridized carbons (Fsp3) is 0.0870. The molecule has 11 heteroatoms. The third-order valence-electron chi connectivity index (χ3n) is 4.55.